The standard InChI is InChI=1S/C53H37N3/c1-36-25-30-41(31-26-36)56-48-20-9-7-18-44(48)45-34-29-39(35-52(45)56)37-27-32-42(33-28-37)55(47-22-11-14-38-13-5-6-17-43(38)47)51-24-12-23-50-53(51)46-19-8-10-21-49(46)54(50)40-15-3-2-4-16-40/h2-35H,1H3. The fourth-order valence-electron chi connectivity index (χ4n) is 8.78. The highest BCUT2D eigenvalue weighted by molar-refractivity contribution is 6.17. The van der Waals surface area contributed by atoms with E-state index in [2.05, 4.69) is 227 Å². The van der Waals surface area contributed by atoms with Gasteiger partial charge in [-0.1, -0.05) is 139 Å². The highest BCUT2D eigenvalue weighted by Gasteiger charge is 2.22. The van der Waals surface area contributed by atoms with E-state index in [0.29, 0.717) is 0 Å². The van der Waals surface area contributed by atoms with Gasteiger partial charge in [0.25, 0.3) is 0 Å². The average molecular weight is 716 g/mol. The second-order valence-corrected chi connectivity index (χ2v) is 14.7. The van der Waals surface area contributed by atoms with Gasteiger partial charge in [0.2, 0.25) is 0 Å². The van der Waals surface area contributed by atoms with Gasteiger partial charge in [0.05, 0.1) is 33.4 Å². The molecule has 0 spiro atoms. The van der Waals surface area contributed by atoms with Crippen molar-refractivity contribution < 1.29 is 0 Å². The molecule has 11 rings (SSSR count). The number of nitrogens with zero attached hydrogens (tertiary/aromatic N) is 3. The van der Waals surface area contributed by atoms with Crippen molar-refractivity contribution in [3.63, 3.8) is 0 Å². The Labute approximate surface area is 325 Å². The van der Waals surface area contributed by atoms with Crippen molar-refractivity contribution >= 4 is 71.4 Å². The van der Waals surface area contributed by atoms with E-state index < -0.39 is 0 Å². The Kier molecular flexibility index (Phi) is 7.39. The number of aromatic nitrogens is 2. The lowest BCUT2D eigenvalue weighted by Gasteiger charge is -2.28. The van der Waals surface area contributed by atoms with Crippen LogP contribution in [0.25, 0.3) is 76.9 Å². The molecule has 0 aliphatic carbocycles. The van der Waals surface area contributed by atoms with Gasteiger partial charge in [-0.15, -0.1) is 0 Å². The maximum absolute atomic E-state index is 2.45. The number of hydrogen-bond donors (Lipinski definition) is 0. The lowest BCUT2D eigenvalue weighted by molar-refractivity contribution is 1.17. The monoisotopic (exact) mass is 715 g/mol. The molecule has 0 saturated heterocycles. The molecule has 0 aliphatic heterocycles. The van der Waals surface area contributed by atoms with Gasteiger partial charge in [-0.3, -0.25) is 0 Å². The van der Waals surface area contributed by atoms with Crippen LogP contribution in [0, 0.1) is 6.92 Å². The van der Waals surface area contributed by atoms with Gasteiger partial charge in [-0.2, -0.15) is 0 Å². The van der Waals surface area contributed by atoms with E-state index in [1.165, 1.54) is 76.8 Å². The molecular formula is C53H37N3. The summed E-state index contributed by atoms with van der Waals surface area (Å²) in [6.45, 7) is 2.14. The first-order chi connectivity index (χ1) is 27.7. The quantitative estimate of drug-likeness (QED) is 0.167. The Balaban J connectivity index is 1.11. The summed E-state index contributed by atoms with van der Waals surface area (Å²) in [5, 5.41) is 7.38. The molecule has 9 aromatic carbocycles. The molecule has 0 saturated carbocycles. The molecule has 56 heavy (non-hydrogen) atoms. The topological polar surface area (TPSA) is 13.1 Å². The molecule has 0 N–H and O–H groups in total. The number of fused-ring (bicyclic) bond motifs is 7. The zero-order chi connectivity index (χ0) is 37.2. The zero-order valence-corrected chi connectivity index (χ0v) is 31.0. The second-order valence-electron chi connectivity index (χ2n) is 14.7. The van der Waals surface area contributed by atoms with Crippen molar-refractivity contribution in [2.45, 2.75) is 6.92 Å². The number of para-hydroxylation sites is 3. The summed E-state index contributed by atoms with van der Waals surface area (Å²) < 4.78 is 4.79. The molecule has 0 radical (unpaired) electrons. The Hall–Kier alpha value is -7.36. The number of anilines is 3. The first-order valence-electron chi connectivity index (χ1n) is 19.3. The molecule has 0 aliphatic rings. The van der Waals surface area contributed by atoms with E-state index in [0.717, 1.165) is 22.7 Å². The highest BCUT2D eigenvalue weighted by atomic mass is 15.1. The van der Waals surface area contributed by atoms with Crippen LogP contribution in [-0.4, -0.2) is 9.13 Å². The summed E-state index contributed by atoms with van der Waals surface area (Å²) in [5.74, 6) is 0. The predicted molar refractivity (Wildman–Crippen MR) is 237 cm³/mol. The molecule has 0 atom stereocenters. The molecule has 0 amide bonds. The second kappa shape index (κ2) is 12.9. The molecule has 2 heterocycles. The minimum absolute atomic E-state index is 1.10. The van der Waals surface area contributed by atoms with Crippen LogP contribution in [0.1, 0.15) is 5.56 Å². The summed E-state index contributed by atoms with van der Waals surface area (Å²) in [6, 6.07) is 75.1. The van der Waals surface area contributed by atoms with Crippen molar-refractivity contribution in [3.8, 4) is 22.5 Å². The van der Waals surface area contributed by atoms with Crippen LogP contribution in [0.5, 0.6) is 0 Å². The lowest BCUT2D eigenvalue weighted by Crippen LogP contribution is -2.11. The summed E-state index contributed by atoms with van der Waals surface area (Å²) in [5.41, 5.74) is 14.1. The maximum Gasteiger partial charge on any atom is 0.0562 e. The molecule has 3 nitrogen and oxygen atoms in total. The van der Waals surface area contributed by atoms with E-state index in [4.69, 9.17) is 0 Å². The Morgan fingerprint density at radius 1 is 0.357 bits per heavy atom. The summed E-state index contributed by atoms with van der Waals surface area (Å²) in [4.78, 5) is 2.45. The van der Waals surface area contributed by atoms with Crippen LogP contribution < -0.4 is 4.90 Å². The highest BCUT2D eigenvalue weighted by Crippen LogP contribution is 2.46. The fraction of sp³-hybridized carbons (Fsp3) is 0.0189. The number of hydrogen-bond acceptors (Lipinski definition) is 1. The van der Waals surface area contributed by atoms with Gasteiger partial charge < -0.3 is 14.0 Å². The third kappa shape index (κ3) is 5.05. The summed E-state index contributed by atoms with van der Waals surface area (Å²) in [7, 11) is 0. The molecule has 3 heteroatoms. The van der Waals surface area contributed by atoms with Gasteiger partial charge in [0.15, 0.2) is 0 Å². The Bertz CT molecular complexity index is 3240. The summed E-state index contributed by atoms with van der Waals surface area (Å²) in [6.07, 6.45) is 0. The number of benzene rings is 9. The van der Waals surface area contributed by atoms with Crippen molar-refractivity contribution in [3.05, 3.63) is 212 Å². The smallest absolute Gasteiger partial charge is 0.0562 e. The minimum Gasteiger partial charge on any atom is -0.309 e. The number of rotatable bonds is 6. The van der Waals surface area contributed by atoms with Crippen molar-refractivity contribution in [1.29, 1.82) is 0 Å². The molecular weight excluding hydrogens is 679 g/mol. The third-order valence-corrected chi connectivity index (χ3v) is 11.4. The fourth-order valence-corrected chi connectivity index (χ4v) is 8.78. The van der Waals surface area contributed by atoms with Gasteiger partial charge in [0.1, 0.15) is 0 Å². The zero-order valence-electron chi connectivity index (χ0n) is 31.0. The van der Waals surface area contributed by atoms with Gasteiger partial charge in [-0.05, 0) is 96.2 Å². The van der Waals surface area contributed by atoms with Gasteiger partial charge >= 0.3 is 0 Å². The largest absolute Gasteiger partial charge is 0.309 e. The Morgan fingerprint density at radius 2 is 0.911 bits per heavy atom. The summed E-state index contributed by atoms with van der Waals surface area (Å²) >= 11 is 0. The van der Waals surface area contributed by atoms with Crippen molar-refractivity contribution in [1.82, 2.24) is 9.13 Å². The molecule has 0 bridgehead atoms. The molecule has 2 aromatic heterocycles. The van der Waals surface area contributed by atoms with Gasteiger partial charge in [-0.25, -0.2) is 0 Å². The Morgan fingerprint density at radius 3 is 1.71 bits per heavy atom. The van der Waals surface area contributed by atoms with Crippen LogP contribution in [-0.2, 0) is 0 Å². The molecule has 0 unspecified atom stereocenters. The predicted octanol–water partition coefficient (Wildman–Crippen LogP) is 14.5. The van der Waals surface area contributed by atoms with Crippen molar-refractivity contribution in [2.75, 3.05) is 4.90 Å². The van der Waals surface area contributed by atoms with E-state index in [1.54, 1.807) is 0 Å². The van der Waals surface area contributed by atoms with E-state index in [9.17, 15) is 0 Å². The van der Waals surface area contributed by atoms with Crippen LogP contribution in [0.3, 0.4) is 0 Å². The minimum atomic E-state index is 1.10. The molecule has 0 fully saturated rings. The van der Waals surface area contributed by atoms with E-state index in [1.807, 2.05) is 0 Å². The maximum atomic E-state index is 2.45. The molecule has 264 valence electrons. The van der Waals surface area contributed by atoms with Crippen LogP contribution >= 0.6 is 0 Å². The average Bonchev–Trinajstić information content (AvgIpc) is 3.78. The number of aryl methyl sites for hydroxylation is 1. The normalized spacial score (nSPS) is 11.7. The van der Waals surface area contributed by atoms with Crippen LogP contribution in [0.2, 0.25) is 0 Å². The van der Waals surface area contributed by atoms with Crippen molar-refractivity contribution in [2.24, 2.45) is 0 Å². The first kappa shape index (κ1) is 32.1. The van der Waals surface area contributed by atoms with E-state index >= 15 is 0 Å². The SMILES string of the molecule is Cc1ccc(-n2c3ccccc3c3ccc(-c4ccc(N(c5cccc6ccccc56)c5cccc6c5c5ccccc5n6-c5ccccc5)cc4)cc32)cc1. The van der Waals surface area contributed by atoms with Gasteiger partial charge in [0, 0.05) is 44.0 Å². The lowest BCUT2D eigenvalue weighted by atomic mass is 10.0. The van der Waals surface area contributed by atoms with Crippen LogP contribution in [0.15, 0.2) is 206 Å². The van der Waals surface area contributed by atoms with E-state index in [-0.39, 0.29) is 0 Å². The first-order valence-corrected chi connectivity index (χ1v) is 19.3. The van der Waals surface area contributed by atoms with Crippen LogP contribution in [0.4, 0.5) is 17.1 Å². The third-order valence-electron chi connectivity index (χ3n) is 11.4. The molecule has 11 aromatic rings.